The maximum Gasteiger partial charge on any atom is 0.267 e. The third-order valence-electron chi connectivity index (χ3n) is 2.21. The predicted molar refractivity (Wildman–Crippen MR) is 63.5 cm³/mol. The Morgan fingerprint density at radius 2 is 2.00 bits per heavy atom. The summed E-state index contributed by atoms with van der Waals surface area (Å²) in [5.41, 5.74) is 6.98. The second-order valence-corrected chi connectivity index (χ2v) is 3.82. The maximum absolute atomic E-state index is 11.6. The van der Waals surface area contributed by atoms with Gasteiger partial charge < -0.3 is 5.73 Å². The Balaban J connectivity index is 2.37. The molecule has 0 saturated heterocycles. The molecule has 2 rings (SSSR count). The van der Waals surface area contributed by atoms with Gasteiger partial charge in [-0.2, -0.15) is 5.10 Å². The fraction of sp³-hybridized carbons (Fsp3) is 0.273. The summed E-state index contributed by atoms with van der Waals surface area (Å²) in [5, 5.41) is 4.11. The Bertz CT molecular complexity index is 585. The van der Waals surface area contributed by atoms with Crippen LogP contribution in [0.4, 0.5) is 5.82 Å². The highest BCUT2D eigenvalue weighted by molar-refractivity contribution is 5.29. The molecule has 0 atom stereocenters. The highest BCUT2D eigenvalue weighted by atomic mass is 16.1. The molecule has 0 aliphatic carbocycles. The molecule has 2 aromatic heterocycles. The van der Waals surface area contributed by atoms with Crippen molar-refractivity contribution in [1.29, 1.82) is 0 Å². The topological polar surface area (TPSA) is 86.7 Å². The van der Waals surface area contributed by atoms with Crippen molar-refractivity contribution in [2.45, 2.75) is 20.4 Å². The number of nitrogens with two attached hydrogens (primary N) is 1. The van der Waals surface area contributed by atoms with Gasteiger partial charge in [0.15, 0.2) is 5.82 Å². The molecular weight excluding hydrogens is 218 g/mol. The van der Waals surface area contributed by atoms with Crippen LogP contribution in [-0.2, 0) is 6.54 Å². The molecule has 0 amide bonds. The lowest BCUT2D eigenvalue weighted by atomic mass is 10.4. The summed E-state index contributed by atoms with van der Waals surface area (Å²) in [4.78, 5) is 19.8. The SMILES string of the molecule is Cc1cc(N)nc(Cn2nc(C)ccc2=O)n1. The van der Waals surface area contributed by atoms with Crippen molar-refractivity contribution in [2.24, 2.45) is 0 Å². The average Bonchev–Trinajstić information content (AvgIpc) is 2.22. The van der Waals surface area contributed by atoms with Crippen LogP contribution in [0, 0.1) is 13.8 Å². The van der Waals surface area contributed by atoms with E-state index in [0.717, 1.165) is 11.4 Å². The van der Waals surface area contributed by atoms with Crippen molar-refractivity contribution in [3.63, 3.8) is 0 Å². The molecule has 17 heavy (non-hydrogen) atoms. The zero-order valence-corrected chi connectivity index (χ0v) is 9.71. The summed E-state index contributed by atoms with van der Waals surface area (Å²) in [6.45, 7) is 3.88. The number of aryl methyl sites for hydroxylation is 2. The molecule has 0 fully saturated rings. The Hall–Kier alpha value is -2.24. The molecule has 6 nitrogen and oxygen atoms in total. The second kappa shape index (κ2) is 4.32. The van der Waals surface area contributed by atoms with Crippen LogP contribution < -0.4 is 11.3 Å². The van der Waals surface area contributed by atoms with Crippen LogP contribution in [0.2, 0.25) is 0 Å². The van der Waals surface area contributed by atoms with Crippen molar-refractivity contribution in [2.75, 3.05) is 5.73 Å². The van der Waals surface area contributed by atoms with Gasteiger partial charge in [0.05, 0.1) is 5.69 Å². The van der Waals surface area contributed by atoms with E-state index in [2.05, 4.69) is 15.1 Å². The van der Waals surface area contributed by atoms with E-state index in [0.29, 0.717) is 11.6 Å². The number of nitrogens with zero attached hydrogens (tertiary/aromatic N) is 4. The van der Waals surface area contributed by atoms with Crippen molar-refractivity contribution >= 4 is 5.82 Å². The van der Waals surface area contributed by atoms with Crippen molar-refractivity contribution in [3.05, 3.63) is 45.8 Å². The van der Waals surface area contributed by atoms with Gasteiger partial charge in [-0.1, -0.05) is 0 Å². The summed E-state index contributed by atoms with van der Waals surface area (Å²) in [6.07, 6.45) is 0. The van der Waals surface area contributed by atoms with E-state index in [1.54, 1.807) is 12.1 Å². The van der Waals surface area contributed by atoms with Crippen LogP contribution >= 0.6 is 0 Å². The largest absolute Gasteiger partial charge is 0.384 e. The monoisotopic (exact) mass is 231 g/mol. The predicted octanol–water partition coefficient (Wildman–Crippen LogP) is 0.281. The first kappa shape index (κ1) is 11.3. The zero-order valence-electron chi connectivity index (χ0n) is 9.71. The van der Waals surface area contributed by atoms with Gasteiger partial charge in [0.1, 0.15) is 12.4 Å². The van der Waals surface area contributed by atoms with Crippen LogP contribution in [0.3, 0.4) is 0 Å². The van der Waals surface area contributed by atoms with Crippen molar-refractivity contribution < 1.29 is 0 Å². The van der Waals surface area contributed by atoms with Gasteiger partial charge in [0.25, 0.3) is 5.56 Å². The Morgan fingerprint density at radius 1 is 1.24 bits per heavy atom. The number of hydrogen-bond donors (Lipinski definition) is 1. The Morgan fingerprint density at radius 3 is 2.71 bits per heavy atom. The third kappa shape index (κ3) is 2.66. The molecule has 0 spiro atoms. The van der Waals surface area contributed by atoms with Crippen LogP contribution in [0.25, 0.3) is 0 Å². The highest BCUT2D eigenvalue weighted by Crippen LogP contribution is 2.02. The molecule has 0 radical (unpaired) electrons. The van der Waals surface area contributed by atoms with Gasteiger partial charge in [-0.05, 0) is 19.9 Å². The molecular formula is C11H13N5O. The summed E-state index contributed by atoms with van der Waals surface area (Å²) in [6, 6.07) is 4.82. The number of anilines is 1. The molecule has 6 heteroatoms. The average molecular weight is 231 g/mol. The van der Waals surface area contributed by atoms with Gasteiger partial charge in [0.2, 0.25) is 0 Å². The number of rotatable bonds is 2. The molecule has 0 saturated carbocycles. The van der Waals surface area contributed by atoms with E-state index >= 15 is 0 Å². The summed E-state index contributed by atoms with van der Waals surface area (Å²) < 4.78 is 1.32. The molecule has 2 aromatic rings. The fourth-order valence-corrected chi connectivity index (χ4v) is 1.53. The van der Waals surface area contributed by atoms with Crippen molar-refractivity contribution in [1.82, 2.24) is 19.7 Å². The number of aromatic nitrogens is 4. The first-order chi connectivity index (χ1) is 8.04. The zero-order chi connectivity index (χ0) is 12.4. The first-order valence-corrected chi connectivity index (χ1v) is 5.19. The van der Waals surface area contributed by atoms with Crippen LogP contribution in [-0.4, -0.2) is 19.7 Å². The molecule has 0 bridgehead atoms. The quantitative estimate of drug-likeness (QED) is 0.802. The smallest absolute Gasteiger partial charge is 0.267 e. The molecule has 0 aliphatic rings. The molecule has 0 aliphatic heterocycles. The second-order valence-electron chi connectivity index (χ2n) is 3.82. The molecule has 88 valence electrons. The Kier molecular flexibility index (Phi) is 2.86. The molecule has 2 heterocycles. The highest BCUT2D eigenvalue weighted by Gasteiger charge is 2.04. The molecule has 0 unspecified atom stereocenters. The van der Waals surface area contributed by atoms with Gasteiger partial charge >= 0.3 is 0 Å². The lowest BCUT2D eigenvalue weighted by Crippen LogP contribution is -2.24. The fourth-order valence-electron chi connectivity index (χ4n) is 1.53. The van der Waals surface area contributed by atoms with Gasteiger partial charge in [0, 0.05) is 17.8 Å². The van der Waals surface area contributed by atoms with E-state index in [-0.39, 0.29) is 12.1 Å². The van der Waals surface area contributed by atoms with Crippen LogP contribution in [0.1, 0.15) is 17.2 Å². The lowest BCUT2D eigenvalue weighted by Gasteiger charge is -2.05. The standard InChI is InChI=1S/C11H13N5O/c1-7-3-4-11(17)16(15-7)6-10-13-8(2)5-9(12)14-10/h3-5H,6H2,1-2H3,(H2,12,13,14). The summed E-state index contributed by atoms with van der Waals surface area (Å²) >= 11 is 0. The van der Waals surface area contributed by atoms with Gasteiger partial charge in [-0.15, -0.1) is 0 Å². The first-order valence-electron chi connectivity index (χ1n) is 5.19. The number of hydrogen-bond acceptors (Lipinski definition) is 5. The minimum atomic E-state index is -0.181. The van der Waals surface area contributed by atoms with Crippen molar-refractivity contribution in [3.8, 4) is 0 Å². The van der Waals surface area contributed by atoms with E-state index in [1.165, 1.54) is 10.7 Å². The minimum Gasteiger partial charge on any atom is -0.384 e. The third-order valence-corrected chi connectivity index (χ3v) is 2.21. The van der Waals surface area contributed by atoms with Crippen LogP contribution in [0.15, 0.2) is 23.0 Å². The van der Waals surface area contributed by atoms with E-state index in [4.69, 9.17) is 5.73 Å². The minimum absolute atomic E-state index is 0.181. The summed E-state index contributed by atoms with van der Waals surface area (Å²) in [7, 11) is 0. The lowest BCUT2D eigenvalue weighted by molar-refractivity contribution is 0.604. The molecule has 2 N–H and O–H groups in total. The normalized spacial score (nSPS) is 10.5. The van der Waals surface area contributed by atoms with Gasteiger partial charge in [-0.25, -0.2) is 14.6 Å². The van der Waals surface area contributed by atoms with E-state index in [1.807, 2.05) is 13.8 Å². The van der Waals surface area contributed by atoms with Crippen LogP contribution in [0.5, 0.6) is 0 Å². The number of nitrogen functional groups attached to an aromatic ring is 1. The van der Waals surface area contributed by atoms with Gasteiger partial charge in [-0.3, -0.25) is 4.79 Å². The maximum atomic E-state index is 11.6. The molecule has 0 aromatic carbocycles. The van der Waals surface area contributed by atoms with E-state index < -0.39 is 0 Å². The Labute approximate surface area is 98.1 Å². The summed E-state index contributed by atoms with van der Waals surface area (Å²) in [5.74, 6) is 0.885. The van der Waals surface area contributed by atoms with E-state index in [9.17, 15) is 4.79 Å².